The fourth-order valence-corrected chi connectivity index (χ4v) is 3.71. The number of hydrogen-bond acceptors (Lipinski definition) is 6. The lowest BCUT2D eigenvalue weighted by Gasteiger charge is -2.27. The Morgan fingerprint density at radius 3 is 2.25 bits per heavy atom. The van der Waals surface area contributed by atoms with E-state index in [9.17, 15) is 31.5 Å². The van der Waals surface area contributed by atoms with Crippen LogP contribution in [0.25, 0.3) is 0 Å². The minimum Gasteiger partial charge on any atom is -0.374 e. The number of benzene rings is 1. The molecule has 2 aromatic rings. The maximum atomic E-state index is 13.4. The van der Waals surface area contributed by atoms with E-state index in [-0.39, 0.29) is 17.1 Å². The summed E-state index contributed by atoms with van der Waals surface area (Å²) in [5, 5.41) is 13.1. The van der Waals surface area contributed by atoms with E-state index < -0.39 is 39.1 Å². The van der Waals surface area contributed by atoms with Gasteiger partial charge in [0.1, 0.15) is 5.01 Å². The van der Waals surface area contributed by atoms with Crippen molar-refractivity contribution in [2.75, 3.05) is 15.8 Å². The van der Waals surface area contributed by atoms with Gasteiger partial charge in [-0.1, -0.05) is 0 Å². The number of sulfonamides is 1. The first-order valence-electron chi connectivity index (χ1n) is 7.98. The van der Waals surface area contributed by atoms with Gasteiger partial charge in [0.2, 0.25) is 21.5 Å². The zero-order valence-electron chi connectivity index (χ0n) is 14.9. The van der Waals surface area contributed by atoms with Crippen molar-refractivity contribution in [1.29, 1.82) is 0 Å². The Morgan fingerprint density at radius 2 is 1.79 bits per heavy atom. The molecular weight excluding hydrogens is 419 g/mol. The van der Waals surface area contributed by atoms with Crippen molar-refractivity contribution in [1.82, 2.24) is 4.98 Å². The van der Waals surface area contributed by atoms with Crippen molar-refractivity contribution in [3.63, 3.8) is 0 Å². The van der Waals surface area contributed by atoms with Gasteiger partial charge >= 0.3 is 6.18 Å². The number of hydrogen-bond donors (Lipinski definition) is 3. The summed E-state index contributed by atoms with van der Waals surface area (Å²) in [4.78, 5) is 15.8. The number of amides is 1. The van der Waals surface area contributed by atoms with Crippen LogP contribution in [-0.2, 0) is 20.4 Å². The minimum atomic E-state index is -5.10. The quantitative estimate of drug-likeness (QED) is 0.617. The van der Waals surface area contributed by atoms with Crippen LogP contribution < -0.4 is 10.0 Å². The molecule has 0 saturated heterocycles. The number of aromatic nitrogens is 1. The minimum absolute atomic E-state index is 0.127. The zero-order chi connectivity index (χ0) is 21.2. The fourth-order valence-electron chi connectivity index (χ4n) is 2.15. The van der Waals surface area contributed by atoms with E-state index in [2.05, 4.69) is 15.0 Å². The van der Waals surface area contributed by atoms with Crippen LogP contribution in [0.3, 0.4) is 0 Å². The van der Waals surface area contributed by atoms with Crippen LogP contribution in [0.2, 0.25) is 0 Å². The lowest BCUT2D eigenvalue weighted by molar-refractivity contribution is -0.266. The molecule has 1 heterocycles. The van der Waals surface area contributed by atoms with Crippen LogP contribution in [0.5, 0.6) is 0 Å². The highest BCUT2D eigenvalue weighted by Gasteiger charge is 2.58. The monoisotopic (exact) mass is 437 g/mol. The molecule has 1 amide bonds. The van der Waals surface area contributed by atoms with Crippen molar-refractivity contribution < 1.29 is 31.5 Å². The Hall–Kier alpha value is -2.18. The van der Waals surface area contributed by atoms with Gasteiger partial charge in [-0.25, -0.2) is 13.4 Å². The summed E-state index contributed by atoms with van der Waals surface area (Å²) in [6, 6.07) is 5.35. The second kappa shape index (κ2) is 8.05. The van der Waals surface area contributed by atoms with Crippen molar-refractivity contribution in [2.45, 2.75) is 32.0 Å². The topological polar surface area (TPSA) is 108 Å². The van der Waals surface area contributed by atoms with Crippen molar-refractivity contribution in [2.24, 2.45) is 0 Å². The molecule has 28 heavy (non-hydrogen) atoms. The SMILES string of the molecule is CCS(=O)(=O)Nc1ccc(NC(=O)CC(O)(c2nc(C)cs2)C(F)(F)F)cc1. The van der Waals surface area contributed by atoms with E-state index in [0.29, 0.717) is 17.0 Å². The smallest absolute Gasteiger partial charge is 0.374 e. The van der Waals surface area contributed by atoms with Crippen LogP contribution >= 0.6 is 11.3 Å². The molecular formula is C16H18F3N3O4S2. The average Bonchev–Trinajstić information content (AvgIpc) is 3.02. The molecule has 1 atom stereocenters. The van der Waals surface area contributed by atoms with Crippen LogP contribution in [0.1, 0.15) is 24.0 Å². The third-order valence-corrected chi connectivity index (χ3v) is 6.10. The third kappa shape index (κ3) is 5.20. The van der Waals surface area contributed by atoms with E-state index in [1.54, 1.807) is 0 Å². The van der Waals surface area contributed by atoms with E-state index in [4.69, 9.17) is 0 Å². The molecule has 0 radical (unpaired) electrons. The van der Waals surface area contributed by atoms with Gasteiger partial charge in [0.05, 0.1) is 12.2 Å². The normalized spacial score (nSPS) is 14.4. The first-order valence-corrected chi connectivity index (χ1v) is 10.5. The van der Waals surface area contributed by atoms with Gasteiger partial charge in [0, 0.05) is 22.4 Å². The predicted octanol–water partition coefficient (Wildman–Crippen LogP) is 2.99. The summed E-state index contributed by atoms with van der Waals surface area (Å²) in [5.74, 6) is -1.20. The summed E-state index contributed by atoms with van der Waals surface area (Å²) in [6.07, 6.45) is -6.37. The molecule has 154 valence electrons. The molecule has 7 nitrogen and oxygen atoms in total. The Bertz CT molecular complexity index is 943. The van der Waals surface area contributed by atoms with Crippen molar-refractivity contribution in [3.05, 3.63) is 40.3 Å². The molecule has 0 saturated carbocycles. The zero-order valence-corrected chi connectivity index (χ0v) is 16.5. The summed E-state index contributed by atoms with van der Waals surface area (Å²) in [7, 11) is -3.48. The number of aliphatic hydroxyl groups is 1. The lowest BCUT2D eigenvalue weighted by atomic mass is 9.99. The summed E-state index contributed by atoms with van der Waals surface area (Å²) >= 11 is 0.615. The summed E-state index contributed by atoms with van der Waals surface area (Å²) in [5.41, 5.74) is -2.73. The average molecular weight is 437 g/mol. The van der Waals surface area contributed by atoms with E-state index in [1.165, 1.54) is 43.5 Å². The molecule has 1 unspecified atom stereocenters. The number of aryl methyl sites for hydroxylation is 1. The van der Waals surface area contributed by atoms with E-state index in [0.717, 1.165) is 0 Å². The largest absolute Gasteiger partial charge is 0.424 e. The Balaban J connectivity index is 2.13. The Kier molecular flexibility index (Phi) is 6.36. The number of thiazole rings is 1. The highest BCUT2D eigenvalue weighted by Crippen LogP contribution is 2.43. The van der Waals surface area contributed by atoms with Gasteiger partial charge in [-0.2, -0.15) is 13.2 Å². The molecule has 0 aliphatic rings. The number of nitrogens with one attached hydrogen (secondary N) is 2. The van der Waals surface area contributed by atoms with Gasteiger partial charge in [-0.3, -0.25) is 9.52 Å². The molecule has 3 N–H and O–H groups in total. The number of nitrogens with zero attached hydrogens (tertiary/aromatic N) is 1. The Morgan fingerprint density at radius 1 is 1.21 bits per heavy atom. The van der Waals surface area contributed by atoms with Crippen LogP contribution in [0.15, 0.2) is 29.6 Å². The number of carbonyl (C=O) groups is 1. The number of halogens is 3. The number of rotatable bonds is 7. The van der Waals surface area contributed by atoms with Crippen LogP contribution in [-0.4, -0.2) is 36.3 Å². The maximum absolute atomic E-state index is 13.4. The molecule has 1 aromatic heterocycles. The summed E-state index contributed by atoms with van der Waals surface area (Å²) < 4.78 is 65.5. The maximum Gasteiger partial charge on any atom is 0.424 e. The molecule has 0 aliphatic heterocycles. The number of alkyl halides is 3. The van der Waals surface area contributed by atoms with Gasteiger partial charge in [-0.05, 0) is 38.1 Å². The third-order valence-electron chi connectivity index (χ3n) is 3.68. The number of anilines is 2. The highest BCUT2D eigenvalue weighted by molar-refractivity contribution is 7.92. The van der Waals surface area contributed by atoms with Gasteiger partial charge in [0.25, 0.3) is 0 Å². The van der Waals surface area contributed by atoms with Crippen LogP contribution in [0.4, 0.5) is 24.5 Å². The molecule has 0 spiro atoms. The molecule has 0 aliphatic carbocycles. The molecule has 12 heteroatoms. The van der Waals surface area contributed by atoms with Crippen LogP contribution in [0, 0.1) is 6.92 Å². The highest BCUT2D eigenvalue weighted by atomic mass is 32.2. The second-order valence-electron chi connectivity index (χ2n) is 5.96. The number of carbonyl (C=O) groups excluding carboxylic acids is 1. The van der Waals surface area contributed by atoms with Gasteiger partial charge < -0.3 is 10.4 Å². The predicted molar refractivity (Wildman–Crippen MR) is 99.6 cm³/mol. The fraction of sp³-hybridized carbons (Fsp3) is 0.375. The molecule has 1 aromatic carbocycles. The standard InChI is InChI=1S/C16H18F3N3O4S2/c1-3-28(25,26)22-12-6-4-11(5-7-12)21-13(23)8-15(24,16(17,18)19)14-20-10(2)9-27-14/h4-7,9,22,24H,3,8H2,1-2H3,(H,21,23). The molecule has 0 fully saturated rings. The molecule has 2 rings (SSSR count). The second-order valence-corrected chi connectivity index (χ2v) is 8.83. The van der Waals surface area contributed by atoms with E-state index in [1.807, 2.05) is 0 Å². The lowest BCUT2D eigenvalue weighted by Crippen LogP contribution is -2.45. The van der Waals surface area contributed by atoms with Crippen molar-refractivity contribution >= 4 is 38.6 Å². The molecule has 0 bridgehead atoms. The first-order chi connectivity index (χ1) is 12.9. The van der Waals surface area contributed by atoms with E-state index >= 15 is 0 Å². The first kappa shape index (κ1) is 22.1. The Labute approximate surface area is 163 Å². The van der Waals surface area contributed by atoms with Crippen molar-refractivity contribution in [3.8, 4) is 0 Å². The van der Waals surface area contributed by atoms with Gasteiger partial charge in [0.15, 0.2) is 0 Å². The van der Waals surface area contributed by atoms with Gasteiger partial charge in [-0.15, -0.1) is 11.3 Å². The summed E-state index contributed by atoms with van der Waals surface area (Å²) in [6.45, 7) is 2.94.